The number of hydrogen-bond donors (Lipinski definition) is 1. The lowest BCUT2D eigenvalue weighted by Gasteiger charge is -2.30. The summed E-state index contributed by atoms with van der Waals surface area (Å²) in [5, 5.41) is 0. The SMILES string of the molecule is Cc1c(Br)cccc1C(=O)N1CCC(N)CC1.Cl. The number of rotatable bonds is 1. The highest BCUT2D eigenvalue weighted by atomic mass is 79.9. The molecule has 1 aromatic carbocycles. The van der Waals surface area contributed by atoms with E-state index >= 15 is 0 Å². The van der Waals surface area contributed by atoms with Gasteiger partial charge < -0.3 is 10.6 Å². The maximum Gasteiger partial charge on any atom is 0.254 e. The van der Waals surface area contributed by atoms with Crippen molar-refractivity contribution in [3.63, 3.8) is 0 Å². The van der Waals surface area contributed by atoms with E-state index < -0.39 is 0 Å². The van der Waals surface area contributed by atoms with Crippen LogP contribution in [0.5, 0.6) is 0 Å². The van der Waals surface area contributed by atoms with Crippen molar-refractivity contribution in [1.82, 2.24) is 4.90 Å². The largest absolute Gasteiger partial charge is 0.339 e. The van der Waals surface area contributed by atoms with Gasteiger partial charge in [0, 0.05) is 29.2 Å². The van der Waals surface area contributed by atoms with Crippen LogP contribution < -0.4 is 5.73 Å². The van der Waals surface area contributed by atoms with Gasteiger partial charge in [0.1, 0.15) is 0 Å². The number of hydrogen-bond acceptors (Lipinski definition) is 2. The first-order chi connectivity index (χ1) is 8.09. The van der Waals surface area contributed by atoms with Gasteiger partial charge in [-0.05, 0) is 37.5 Å². The van der Waals surface area contributed by atoms with Crippen LogP contribution in [0.15, 0.2) is 22.7 Å². The summed E-state index contributed by atoms with van der Waals surface area (Å²) in [5.74, 6) is 0.121. The molecule has 1 saturated heterocycles. The number of nitrogens with zero attached hydrogens (tertiary/aromatic N) is 1. The topological polar surface area (TPSA) is 46.3 Å². The quantitative estimate of drug-likeness (QED) is 0.859. The van der Waals surface area contributed by atoms with Crippen molar-refractivity contribution >= 4 is 34.2 Å². The van der Waals surface area contributed by atoms with Gasteiger partial charge in [0.05, 0.1) is 0 Å². The lowest BCUT2D eigenvalue weighted by Crippen LogP contribution is -2.43. The molecule has 1 aliphatic rings. The monoisotopic (exact) mass is 332 g/mol. The zero-order valence-corrected chi connectivity index (χ0v) is 12.8. The molecule has 3 nitrogen and oxygen atoms in total. The van der Waals surface area contributed by atoms with Crippen molar-refractivity contribution in [2.45, 2.75) is 25.8 Å². The molecule has 0 unspecified atom stereocenters. The molecule has 2 N–H and O–H groups in total. The van der Waals surface area contributed by atoms with Gasteiger partial charge >= 0.3 is 0 Å². The van der Waals surface area contributed by atoms with E-state index in [9.17, 15) is 4.79 Å². The average molecular weight is 334 g/mol. The Bertz CT molecular complexity index is 431. The maximum absolute atomic E-state index is 12.3. The Labute approximate surface area is 122 Å². The number of halogens is 2. The third-order valence-corrected chi connectivity index (χ3v) is 4.18. The minimum absolute atomic E-state index is 0. The van der Waals surface area contributed by atoms with E-state index in [1.807, 2.05) is 30.0 Å². The van der Waals surface area contributed by atoms with E-state index in [1.54, 1.807) is 0 Å². The van der Waals surface area contributed by atoms with Crippen LogP contribution >= 0.6 is 28.3 Å². The number of carbonyl (C=O) groups is 1. The Hall–Kier alpha value is -0.580. The predicted octanol–water partition coefficient (Wildman–Crippen LogP) is 2.74. The van der Waals surface area contributed by atoms with Crippen LogP contribution in [0.4, 0.5) is 0 Å². The Morgan fingerprint density at radius 2 is 2.00 bits per heavy atom. The summed E-state index contributed by atoms with van der Waals surface area (Å²) < 4.78 is 0.983. The highest BCUT2D eigenvalue weighted by Gasteiger charge is 2.22. The molecule has 0 radical (unpaired) electrons. The van der Waals surface area contributed by atoms with Gasteiger partial charge in [-0.2, -0.15) is 0 Å². The van der Waals surface area contributed by atoms with Crippen molar-refractivity contribution < 1.29 is 4.79 Å². The number of likely N-dealkylation sites (tertiary alicyclic amines) is 1. The first-order valence-electron chi connectivity index (χ1n) is 5.89. The molecule has 1 fully saturated rings. The summed E-state index contributed by atoms with van der Waals surface area (Å²) in [5.41, 5.74) is 7.64. The van der Waals surface area contributed by atoms with Crippen molar-refractivity contribution in [2.24, 2.45) is 5.73 Å². The van der Waals surface area contributed by atoms with Gasteiger partial charge in [0.2, 0.25) is 0 Å². The number of benzene rings is 1. The van der Waals surface area contributed by atoms with Crippen LogP contribution in [0.1, 0.15) is 28.8 Å². The van der Waals surface area contributed by atoms with E-state index in [0.29, 0.717) is 0 Å². The summed E-state index contributed by atoms with van der Waals surface area (Å²) in [6.07, 6.45) is 1.80. The van der Waals surface area contributed by atoms with E-state index in [1.165, 1.54) is 0 Å². The zero-order chi connectivity index (χ0) is 12.4. The minimum Gasteiger partial charge on any atom is -0.339 e. The smallest absolute Gasteiger partial charge is 0.254 e. The summed E-state index contributed by atoms with van der Waals surface area (Å²) in [7, 11) is 0. The van der Waals surface area contributed by atoms with Crippen molar-refractivity contribution in [1.29, 1.82) is 0 Å². The third kappa shape index (κ3) is 3.25. The molecule has 1 amide bonds. The highest BCUT2D eigenvalue weighted by molar-refractivity contribution is 9.10. The molecular weight excluding hydrogens is 316 g/mol. The molecule has 100 valence electrons. The van der Waals surface area contributed by atoms with Crippen LogP contribution in [-0.2, 0) is 0 Å². The van der Waals surface area contributed by atoms with Crippen LogP contribution in [0, 0.1) is 6.92 Å². The van der Waals surface area contributed by atoms with Gasteiger partial charge in [-0.3, -0.25) is 4.79 Å². The molecule has 2 rings (SSSR count). The zero-order valence-electron chi connectivity index (χ0n) is 10.4. The second-order valence-corrected chi connectivity index (χ2v) is 5.40. The summed E-state index contributed by atoms with van der Waals surface area (Å²) in [6, 6.07) is 6.00. The number of piperidine rings is 1. The molecule has 1 heterocycles. The van der Waals surface area contributed by atoms with Crippen LogP contribution in [-0.4, -0.2) is 29.9 Å². The Morgan fingerprint density at radius 3 is 2.61 bits per heavy atom. The fourth-order valence-electron chi connectivity index (χ4n) is 2.11. The standard InChI is InChI=1S/C13H17BrN2O.ClH/c1-9-11(3-2-4-12(9)14)13(17)16-7-5-10(15)6-8-16;/h2-4,10H,5-8,15H2,1H3;1H. The number of carbonyl (C=O) groups excluding carboxylic acids is 1. The van der Waals surface area contributed by atoms with Gasteiger partial charge in [0.15, 0.2) is 0 Å². The third-order valence-electron chi connectivity index (χ3n) is 3.32. The molecule has 0 spiro atoms. The normalized spacial score (nSPS) is 16.3. The second kappa shape index (κ2) is 6.55. The van der Waals surface area contributed by atoms with Gasteiger partial charge in [-0.25, -0.2) is 0 Å². The van der Waals surface area contributed by atoms with Crippen LogP contribution in [0.3, 0.4) is 0 Å². The number of amides is 1. The second-order valence-electron chi connectivity index (χ2n) is 4.54. The predicted molar refractivity (Wildman–Crippen MR) is 79.2 cm³/mol. The number of nitrogens with two attached hydrogens (primary N) is 1. The van der Waals surface area contributed by atoms with Crippen LogP contribution in [0.2, 0.25) is 0 Å². The molecule has 1 aromatic rings. The Kier molecular flexibility index (Phi) is 5.63. The molecule has 0 saturated carbocycles. The van der Waals surface area contributed by atoms with Gasteiger partial charge in [-0.15, -0.1) is 12.4 Å². The summed E-state index contributed by atoms with van der Waals surface area (Å²) >= 11 is 3.46. The Morgan fingerprint density at radius 1 is 1.39 bits per heavy atom. The molecule has 0 bridgehead atoms. The molecule has 1 aliphatic heterocycles. The highest BCUT2D eigenvalue weighted by Crippen LogP contribution is 2.22. The first-order valence-corrected chi connectivity index (χ1v) is 6.69. The Balaban J connectivity index is 0.00000162. The minimum atomic E-state index is 0. The first kappa shape index (κ1) is 15.5. The molecule has 0 aromatic heterocycles. The molecule has 0 atom stereocenters. The van der Waals surface area contributed by atoms with Crippen molar-refractivity contribution in [3.05, 3.63) is 33.8 Å². The van der Waals surface area contributed by atoms with E-state index in [2.05, 4.69) is 15.9 Å². The van der Waals surface area contributed by atoms with Gasteiger partial charge in [0.25, 0.3) is 5.91 Å². The van der Waals surface area contributed by atoms with Crippen LogP contribution in [0.25, 0.3) is 0 Å². The maximum atomic E-state index is 12.3. The summed E-state index contributed by atoms with van der Waals surface area (Å²) in [6.45, 7) is 3.50. The molecular formula is C13H18BrClN2O. The van der Waals surface area contributed by atoms with Crippen molar-refractivity contribution in [2.75, 3.05) is 13.1 Å². The fourth-order valence-corrected chi connectivity index (χ4v) is 2.48. The lowest BCUT2D eigenvalue weighted by molar-refractivity contribution is 0.0714. The molecule has 18 heavy (non-hydrogen) atoms. The molecule has 0 aliphatic carbocycles. The van der Waals surface area contributed by atoms with Gasteiger partial charge in [-0.1, -0.05) is 22.0 Å². The summed E-state index contributed by atoms with van der Waals surface area (Å²) in [4.78, 5) is 14.2. The van der Waals surface area contributed by atoms with E-state index in [-0.39, 0.29) is 24.4 Å². The van der Waals surface area contributed by atoms with E-state index in [4.69, 9.17) is 5.73 Å². The van der Waals surface area contributed by atoms with E-state index in [0.717, 1.165) is 41.5 Å². The fraction of sp³-hybridized carbons (Fsp3) is 0.462. The lowest BCUT2D eigenvalue weighted by atomic mass is 10.0. The molecule has 5 heteroatoms. The average Bonchev–Trinajstić information content (AvgIpc) is 2.33. The van der Waals surface area contributed by atoms with Crippen molar-refractivity contribution in [3.8, 4) is 0 Å².